The Kier molecular flexibility index (Phi) is 2.85. The van der Waals surface area contributed by atoms with E-state index in [-0.39, 0.29) is 0 Å². The summed E-state index contributed by atoms with van der Waals surface area (Å²) in [6.07, 6.45) is 1.42. The third kappa shape index (κ3) is 1.66. The zero-order valence-electron chi connectivity index (χ0n) is 7.06. The van der Waals surface area contributed by atoms with Gasteiger partial charge >= 0.3 is 7.12 Å². The molecule has 0 saturated heterocycles. The predicted molar refractivity (Wildman–Crippen MR) is 43.7 cm³/mol. The van der Waals surface area contributed by atoms with Crippen LogP contribution in [-0.4, -0.2) is 34.1 Å². The Labute approximate surface area is 70.7 Å². The van der Waals surface area contributed by atoms with E-state index in [4.69, 9.17) is 14.8 Å². The maximum absolute atomic E-state index is 8.89. The van der Waals surface area contributed by atoms with Gasteiger partial charge in [0.1, 0.15) is 0 Å². The Balaban J connectivity index is 2.95. The van der Waals surface area contributed by atoms with Crippen LogP contribution >= 0.6 is 0 Å². The van der Waals surface area contributed by atoms with Gasteiger partial charge < -0.3 is 14.8 Å². The van der Waals surface area contributed by atoms with Crippen molar-refractivity contribution in [1.29, 1.82) is 0 Å². The molecule has 6 heteroatoms. The van der Waals surface area contributed by atoms with E-state index in [2.05, 4.69) is 5.10 Å². The molecule has 0 bridgehead atoms. The van der Waals surface area contributed by atoms with Crippen molar-refractivity contribution in [2.75, 3.05) is 7.11 Å². The molecule has 0 radical (unpaired) electrons. The van der Waals surface area contributed by atoms with Gasteiger partial charge in [-0.25, -0.2) is 0 Å². The maximum atomic E-state index is 8.89. The number of aryl methyl sites for hydroxylation is 1. The van der Waals surface area contributed by atoms with Crippen molar-refractivity contribution in [1.82, 2.24) is 9.78 Å². The van der Waals surface area contributed by atoms with Crippen molar-refractivity contribution in [2.45, 2.75) is 6.61 Å². The third-order valence-electron chi connectivity index (χ3n) is 1.65. The predicted octanol–water partition coefficient (Wildman–Crippen LogP) is -1.75. The lowest BCUT2D eigenvalue weighted by atomic mass is 9.80. The first kappa shape index (κ1) is 9.24. The fourth-order valence-corrected chi connectivity index (χ4v) is 1.01. The van der Waals surface area contributed by atoms with Crippen LogP contribution in [0, 0.1) is 0 Å². The van der Waals surface area contributed by atoms with Crippen LogP contribution < -0.4 is 5.46 Å². The lowest BCUT2D eigenvalue weighted by Gasteiger charge is -2.03. The molecule has 0 aliphatic heterocycles. The second kappa shape index (κ2) is 3.71. The average molecular weight is 170 g/mol. The minimum atomic E-state index is -1.48. The van der Waals surface area contributed by atoms with Gasteiger partial charge in [0, 0.05) is 25.8 Å². The summed E-state index contributed by atoms with van der Waals surface area (Å²) in [5, 5.41) is 21.7. The molecule has 2 N–H and O–H groups in total. The summed E-state index contributed by atoms with van der Waals surface area (Å²) in [4.78, 5) is 0. The van der Waals surface area contributed by atoms with Crippen molar-refractivity contribution in [2.24, 2.45) is 7.05 Å². The fraction of sp³-hybridized carbons (Fsp3) is 0.500. The van der Waals surface area contributed by atoms with Crippen molar-refractivity contribution in [3.8, 4) is 0 Å². The van der Waals surface area contributed by atoms with E-state index in [1.807, 2.05) is 0 Å². The first-order valence-corrected chi connectivity index (χ1v) is 3.52. The Hall–Kier alpha value is -0.845. The molecule has 1 aromatic rings. The highest BCUT2D eigenvalue weighted by molar-refractivity contribution is 6.59. The van der Waals surface area contributed by atoms with Crippen molar-refractivity contribution >= 4 is 12.6 Å². The number of hydrogen-bond acceptors (Lipinski definition) is 4. The summed E-state index contributed by atoms with van der Waals surface area (Å²) in [7, 11) is 1.78. The van der Waals surface area contributed by atoms with Crippen molar-refractivity contribution in [3.05, 3.63) is 11.9 Å². The summed E-state index contributed by atoms with van der Waals surface area (Å²) in [6, 6.07) is 0. The van der Waals surface area contributed by atoms with Crippen LogP contribution in [0.2, 0.25) is 0 Å². The van der Waals surface area contributed by atoms with Gasteiger partial charge in [0.25, 0.3) is 0 Å². The Morgan fingerprint density at radius 1 is 1.67 bits per heavy atom. The summed E-state index contributed by atoms with van der Waals surface area (Å²) >= 11 is 0. The summed E-state index contributed by atoms with van der Waals surface area (Å²) < 4.78 is 6.43. The number of nitrogens with zero attached hydrogens (tertiary/aromatic N) is 2. The number of hydrogen-bond donors (Lipinski definition) is 2. The van der Waals surface area contributed by atoms with Crippen LogP contribution in [0.15, 0.2) is 6.20 Å². The highest BCUT2D eigenvalue weighted by atomic mass is 16.5. The second-order valence-corrected chi connectivity index (χ2v) is 2.48. The summed E-state index contributed by atoms with van der Waals surface area (Å²) in [5.41, 5.74) is 1.06. The number of ether oxygens (including phenoxy) is 1. The quantitative estimate of drug-likeness (QED) is 0.527. The molecule has 0 atom stereocenters. The van der Waals surface area contributed by atoms with Gasteiger partial charge in [0.15, 0.2) is 0 Å². The number of rotatable bonds is 3. The molecule has 66 valence electrons. The standard InChI is InChI=1S/C6H11BN2O3/c1-9-6(4-12-2)5(3-8-9)7(10)11/h3,10-11H,4H2,1-2H3. The Morgan fingerprint density at radius 2 is 2.33 bits per heavy atom. The molecule has 0 aliphatic rings. The maximum Gasteiger partial charge on any atom is 0.492 e. The van der Waals surface area contributed by atoms with Crippen molar-refractivity contribution < 1.29 is 14.8 Å². The largest absolute Gasteiger partial charge is 0.492 e. The third-order valence-corrected chi connectivity index (χ3v) is 1.65. The van der Waals surface area contributed by atoms with Crippen LogP contribution in [0.1, 0.15) is 5.69 Å². The molecule has 5 nitrogen and oxygen atoms in total. The molecular weight excluding hydrogens is 159 g/mol. The first-order valence-electron chi connectivity index (χ1n) is 3.52. The van der Waals surface area contributed by atoms with Gasteiger partial charge in [-0.2, -0.15) is 5.10 Å². The summed E-state index contributed by atoms with van der Waals surface area (Å²) in [5.74, 6) is 0. The monoisotopic (exact) mass is 170 g/mol. The highest BCUT2D eigenvalue weighted by Crippen LogP contribution is 1.96. The van der Waals surface area contributed by atoms with E-state index in [1.165, 1.54) is 6.20 Å². The Bertz CT molecular complexity index is 261. The van der Waals surface area contributed by atoms with E-state index in [9.17, 15) is 0 Å². The molecule has 0 fully saturated rings. The van der Waals surface area contributed by atoms with E-state index in [1.54, 1.807) is 18.8 Å². The van der Waals surface area contributed by atoms with Gasteiger partial charge in [-0.05, 0) is 0 Å². The minimum absolute atomic E-state index is 0.323. The van der Waals surface area contributed by atoms with E-state index < -0.39 is 7.12 Å². The molecule has 0 unspecified atom stereocenters. The second-order valence-electron chi connectivity index (χ2n) is 2.48. The molecule has 1 rings (SSSR count). The van der Waals surface area contributed by atoms with Crippen LogP contribution in [0.3, 0.4) is 0 Å². The molecule has 1 heterocycles. The number of methoxy groups -OCH3 is 1. The van der Waals surface area contributed by atoms with Crippen LogP contribution in [0.4, 0.5) is 0 Å². The summed E-state index contributed by atoms with van der Waals surface area (Å²) in [6.45, 7) is 0.323. The molecule has 1 aromatic heterocycles. The minimum Gasteiger partial charge on any atom is -0.423 e. The topological polar surface area (TPSA) is 67.5 Å². The fourth-order valence-electron chi connectivity index (χ4n) is 1.01. The first-order chi connectivity index (χ1) is 5.66. The van der Waals surface area contributed by atoms with Gasteiger partial charge in [-0.3, -0.25) is 4.68 Å². The van der Waals surface area contributed by atoms with Gasteiger partial charge in [0.2, 0.25) is 0 Å². The molecule has 0 spiro atoms. The molecule has 0 aliphatic carbocycles. The normalized spacial score (nSPS) is 10.3. The zero-order chi connectivity index (χ0) is 9.14. The van der Waals surface area contributed by atoms with Gasteiger partial charge in [-0.15, -0.1) is 0 Å². The van der Waals surface area contributed by atoms with E-state index >= 15 is 0 Å². The average Bonchev–Trinajstić information content (AvgIpc) is 2.34. The highest BCUT2D eigenvalue weighted by Gasteiger charge is 2.19. The van der Waals surface area contributed by atoms with Crippen molar-refractivity contribution in [3.63, 3.8) is 0 Å². The molecule has 0 aromatic carbocycles. The molecule has 0 amide bonds. The van der Waals surface area contributed by atoms with E-state index in [0.717, 1.165) is 0 Å². The van der Waals surface area contributed by atoms with Gasteiger partial charge in [-0.1, -0.05) is 0 Å². The lowest BCUT2D eigenvalue weighted by Crippen LogP contribution is -2.32. The van der Waals surface area contributed by atoms with Crippen LogP contribution in [0.25, 0.3) is 0 Å². The van der Waals surface area contributed by atoms with Crippen LogP contribution in [0.5, 0.6) is 0 Å². The van der Waals surface area contributed by atoms with Crippen LogP contribution in [-0.2, 0) is 18.4 Å². The zero-order valence-corrected chi connectivity index (χ0v) is 7.06. The molecule has 12 heavy (non-hydrogen) atoms. The lowest BCUT2D eigenvalue weighted by molar-refractivity contribution is 0.178. The SMILES string of the molecule is COCc1c(B(O)O)cnn1C. The Morgan fingerprint density at radius 3 is 2.83 bits per heavy atom. The van der Waals surface area contributed by atoms with E-state index in [0.29, 0.717) is 17.8 Å². The number of aromatic nitrogens is 2. The smallest absolute Gasteiger partial charge is 0.423 e. The molecule has 0 saturated carbocycles. The van der Waals surface area contributed by atoms with Gasteiger partial charge in [0.05, 0.1) is 12.3 Å². The molecular formula is C6H11BN2O3.